The molecular weight excluding hydrogens is 260 g/mol. The average Bonchev–Trinajstić information content (AvgIpc) is 2.81. The SMILES string of the molecule is Nc1cc(C(=O)Nc2nnns2)ccc1[N+](=O)[O-]. The minimum atomic E-state index is -0.619. The van der Waals surface area contributed by atoms with Crippen LogP contribution in [-0.2, 0) is 0 Å². The fourth-order valence-electron chi connectivity index (χ4n) is 1.21. The Morgan fingerprint density at radius 2 is 2.28 bits per heavy atom. The fraction of sp³-hybridized carbons (Fsp3) is 0. The molecule has 0 aliphatic carbocycles. The zero-order valence-electron chi connectivity index (χ0n) is 8.73. The van der Waals surface area contributed by atoms with Gasteiger partial charge in [0.05, 0.1) is 4.92 Å². The number of nitrogens with one attached hydrogen (secondary N) is 1. The van der Waals surface area contributed by atoms with Crippen LogP contribution in [0.3, 0.4) is 0 Å². The number of rotatable bonds is 3. The van der Waals surface area contributed by atoms with Crippen molar-refractivity contribution >= 4 is 33.9 Å². The van der Waals surface area contributed by atoms with E-state index in [0.717, 1.165) is 11.5 Å². The highest BCUT2D eigenvalue weighted by Crippen LogP contribution is 2.22. The summed E-state index contributed by atoms with van der Waals surface area (Å²) in [5, 5.41) is 20.1. The Kier molecular flexibility index (Phi) is 3.10. The Morgan fingerprint density at radius 1 is 1.50 bits per heavy atom. The highest BCUT2D eigenvalue weighted by Gasteiger charge is 2.15. The van der Waals surface area contributed by atoms with Gasteiger partial charge in [-0.2, -0.15) is 0 Å². The highest BCUT2D eigenvalue weighted by molar-refractivity contribution is 7.09. The third kappa shape index (κ3) is 2.38. The first-order chi connectivity index (χ1) is 8.58. The van der Waals surface area contributed by atoms with Crippen molar-refractivity contribution in [3.8, 4) is 0 Å². The number of nitrogens with zero attached hydrogens (tertiary/aromatic N) is 4. The Balaban J connectivity index is 2.21. The van der Waals surface area contributed by atoms with Gasteiger partial charge >= 0.3 is 0 Å². The highest BCUT2D eigenvalue weighted by atomic mass is 32.1. The number of nitrogens with two attached hydrogens (primary N) is 1. The summed E-state index contributed by atoms with van der Waals surface area (Å²) in [5.41, 5.74) is 5.34. The van der Waals surface area contributed by atoms with E-state index in [-0.39, 0.29) is 22.1 Å². The summed E-state index contributed by atoms with van der Waals surface area (Å²) >= 11 is 0.915. The van der Waals surface area contributed by atoms with Crippen molar-refractivity contribution in [1.29, 1.82) is 0 Å². The monoisotopic (exact) mass is 266 g/mol. The molecule has 3 N–H and O–H groups in total. The summed E-state index contributed by atoms with van der Waals surface area (Å²) in [6.07, 6.45) is 0. The van der Waals surface area contributed by atoms with Gasteiger partial charge in [-0.3, -0.25) is 20.2 Å². The molecule has 10 heteroatoms. The maximum Gasteiger partial charge on any atom is 0.292 e. The summed E-state index contributed by atoms with van der Waals surface area (Å²) in [5.74, 6) is -0.491. The minimum Gasteiger partial charge on any atom is -0.393 e. The number of nitro groups is 1. The van der Waals surface area contributed by atoms with Crippen LogP contribution in [0.5, 0.6) is 0 Å². The lowest BCUT2D eigenvalue weighted by molar-refractivity contribution is -0.383. The van der Waals surface area contributed by atoms with Crippen LogP contribution in [0.15, 0.2) is 18.2 Å². The standard InChI is InChI=1S/C8H6N6O3S/c9-5-3-4(1-2-6(5)14(16)17)7(15)10-8-11-12-13-18-8/h1-3H,9H2,(H,10,11,13,15). The van der Waals surface area contributed by atoms with Crippen LogP contribution in [0, 0.1) is 10.1 Å². The van der Waals surface area contributed by atoms with Crippen molar-refractivity contribution < 1.29 is 9.72 Å². The second-order valence-corrected chi connectivity index (χ2v) is 3.88. The Hall–Kier alpha value is -2.62. The number of hydrogen-bond acceptors (Lipinski definition) is 8. The predicted molar refractivity (Wildman–Crippen MR) is 63.2 cm³/mol. The largest absolute Gasteiger partial charge is 0.393 e. The number of nitro benzene ring substituents is 1. The molecule has 1 amide bonds. The number of nitrogen functional groups attached to an aromatic ring is 1. The van der Waals surface area contributed by atoms with Crippen molar-refractivity contribution in [1.82, 2.24) is 14.8 Å². The number of anilines is 2. The molecule has 2 rings (SSSR count). The van der Waals surface area contributed by atoms with Crippen molar-refractivity contribution in [3.05, 3.63) is 33.9 Å². The van der Waals surface area contributed by atoms with Crippen LogP contribution in [0.25, 0.3) is 0 Å². The van der Waals surface area contributed by atoms with Crippen molar-refractivity contribution in [3.63, 3.8) is 0 Å². The van der Waals surface area contributed by atoms with E-state index < -0.39 is 10.8 Å². The topological polar surface area (TPSA) is 137 Å². The molecule has 0 atom stereocenters. The van der Waals surface area contributed by atoms with E-state index in [0.29, 0.717) is 0 Å². The lowest BCUT2D eigenvalue weighted by Gasteiger charge is -2.02. The fourth-order valence-corrected chi connectivity index (χ4v) is 1.57. The molecule has 0 fully saturated rings. The van der Waals surface area contributed by atoms with E-state index in [1.807, 2.05) is 0 Å². The minimum absolute atomic E-state index is 0.0805. The van der Waals surface area contributed by atoms with Gasteiger partial charge in [-0.25, -0.2) is 0 Å². The molecule has 1 heterocycles. The molecule has 0 spiro atoms. The first kappa shape index (κ1) is 11.9. The molecule has 0 saturated carbocycles. The van der Waals surface area contributed by atoms with Gasteiger partial charge in [0, 0.05) is 23.2 Å². The summed E-state index contributed by atoms with van der Waals surface area (Å²) in [6.45, 7) is 0. The second kappa shape index (κ2) is 4.71. The van der Waals surface area contributed by atoms with Crippen LogP contribution in [0.2, 0.25) is 0 Å². The van der Waals surface area contributed by atoms with E-state index in [1.54, 1.807) is 0 Å². The molecule has 2 aromatic rings. The molecule has 0 radical (unpaired) electrons. The Morgan fingerprint density at radius 3 is 2.83 bits per heavy atom. The summed E-state index contributed by atoms with van der Waals surface area (Å²) < 4.78 is 3.48. The molecule has 0 aliphatic rings. The predicted octanol–water partition coefficient (Wildman–Crippen LogP) is 0.676. The molecule has 92 valence electrons. The number of hydrogen-bond donors (Lipinski definition) is 2. The van der Waals surface area contributed by atoms with Crippen molar-refractivity contribution in [2.24, 2.45) is 0 Å². The van der Waals surface area contributed by atoms with E-state index in [9.17, 15) is 14.9 Å². The van der Waals surface area contributed by atoms with Gasteiger partial charge in [0.2, 0.25) is 5.13 Å². The zero-order valence-corrected chi connectivity index (χ0v) is 9.55. The van der Waals surface area contributed by atoms with E-state index in [1.165, 1.54) is 18.2 Å². The first-order valence-corrected chi connectivity index (χ1v) is 5.35. The Bertz CT molecular complexity index is 599. The van der Waals surface area contributed by atoms with E-state index in [2.05, 4.69) is 20.1 Å². The number of carbonyl (C=O) groups is 1. The molecule has 1 aromatic carbocycles. The summed E-state index contributed by atoms with van der Waals surface area (Å²) in [6, 6.07) is 3.70. The van der Waals surface area contributed by atoms with Gasteiger partial charge in [0.15, 0.2) is 0 Å². The van der Waals surface area contributed by atoms with Gasteiger partial charge in [-0.05, 0) is 17.3 Å². The number of benzene rings is 1. The van der Waals surface area contributed by atoms with Gasteiger partial charge < -0.3 is 5.73 Å². The molecule has 0 bridgehead atoms. The second-order valence-electron chi connectivity index (χ2n) is 3.15. The quantitative estimate of drug-likeness (QED) is 0.473. The first-order valence-electron chi connectivity index (χ1n) is 4.58. The zero-order chi connectivity index (χ0) is 13.1. The molecule has 0 saturated heterocycles. The molecule has 18 heavy (non-hydrogen) atoms. The van der Waals surface area contributed by atoms with Gasteiger partial charge in [-0.15, -0.1) is 0 Å². The third-order valence-corrected chi connectivity index (χ3v) is 2.52. The maximum atomic E-state index is 11.7. The number of amides is 1. The molecule has 9 nitrogen and oxygen atoms in total. The van der Waals surface area contributed by atoms with Crippen LogP contribution in [-0.4, -0.2) is 25.6 Å². The van der Waals surface area contributed by atoms with Crippen LogP contribution >= 0.6 is 11.5 Å². The molecule has 0 unspecified atom stereocenters. The Labute approximate surface area is 104 Å². The van der Waals surface area contributed by atoms with Crippen LogP contribution in [0.4, 0.5) is 16.5 Å². The van der Waals surface area contributed by atoms with Crippen molar-refractivity contribution in [2.75, 3.05) is 11.1 Å². The maximum absolute atomic E-state index is 11.7. The van der Waals surface area contributed by atoms with Gasteiger partial charge in [0.1, 0.15) is 5.69 Å². The summed E-state index contributed by atoms with van der Waals surface area (Å²) in [7, 11) is 0. The van der Waals surface area contributed by atoms with Crippen molar-refractivity contribution in [2.45, 2.75) is 0 Å². The van der Waals surface area contributed by atoms with Gasteiger partial charge in [0.25, 0.3) is 11.6 Å². The molecular formula is C8H6N6O3S. The normalized spacial score (nSPS) is 10.0. The van der Waals surface area contributed by atoms with Crippen LogP contribution in [0.1, 0.15) is 10.4 Å². The molecule has 0 aliphatic heterocycles. The average molecular weight is 266 g/mol. The van der Waals surface area contributed by atoms with Gasteiger partial charge in [-0.1, -0.05) is 9.59 Å². The molecule has 1 aromatic heterocycles. The third-order valence-electron chi connectivity index (χ3n) is 2.01. The van der Waals surface area contributed by atoms with E-state index >= 15 is 0 Å². The smallest absolute Gasteiger partial charge is 0.292 e. The number of aromatic nitrogens is 3. The summed E-state index contributed by atoms with van der Waals surface area (Å²) in [4.78, 5) is 21.7. The lowest BCUT2D eigenvalue weighted by Crippen LogP contribution is -2.12. The lowest BCUT2D eigenvalue weighted by atomic mass is 10.1. The van der Waals surface area contributed by atoms with Crippen LogP contribution < -0.4 is 11.1 Å². The van der Waals surface area contributed by atoms with E-state index in [4.69, 9.17) is 5.73 Å². The number of carbonyl (C=O) groups excluding carboxylic acids is 1.